The van der Waals surface area contributed by atoms with Crippen LogP contribution < -0.4 is 5.73 Å². The van der Waals surface area contributed by atoms with Crippen LogP contribution in [0.5, 0.6) is 0 Å². The molecule has 8 heavy (non-hydrogen) atoms. The van der Waals surface area contributed by atoms with Crippen molar-refractivity contribution >= 4 is 9.84 Å². The predicted octanol–water partition coefficient (Wildman–Crippen LogP) is -1.08. The van der Waals surface area contributed by atoms with Gasteiger partial charge in [-0.2, -0.15) is 0 Å². The Kier molecular flexibility index (Phi) is 2.39. The molecule has 0 aliphatic carbocycles. The lowest BCUT2D eigenvalue weighted by atomic mass is 11.3. The highest BCUT2D eigenvalue weighted by molar-refractivity contribution is 7.91. The molecule has 0 saturated carbocycles. The Bertz CT molecular complexity index is 150. The number of methoxy groups -OCH3 is 1. The van der Waals surface area contributed by atoms with Gasteiger partial charge in [-0.1, -0.05) is 0 Å². The van der Waals surface area contributed by atoms with Gasteiger partial charge in [-0.15, -0.1) is 0 Å². The zero-order valence-electron chi connectivity index (χ0n) is 4.79. The molecule has 0 aromatic rings. The number of nitrogens with two attached hydrogens (primary N) is 1. The standard InChI is InChI=1S/C3H9NO3S/c1-7-3(4)8(2,5)6/h3H,4H2,1-2H3. The first-order chi connectivity index (χ1) is 3.48. The van der Waals surface area contributed by atoms with Crippen molar-refractivity contribution in [3.05, 3.63) is 0 Å². The maximum atomic E-state index is 10.3. The summed E-state index contributed by atoms with van der Waals surface area (Å²) in [6, 6.07) is 0. The van der Waals surface area contributed by atoms with E-state index in [9.17, 15) is 8.42 Å². The Morgan fingerprint density at radius 2 is 2.00 bits per heavy atom. The third-order valence-electron chi connectivity index (χ3n) is 0.654. The molecule has 2 N–H and O–H groups in total. The van der Waals surface area contributed by atoms with Crippen LogP contribution >= 0.6 is 0 Å². The van der Waals surface area contributed by atoms with Gasteiger partial charge in [0, 0.05) is 13.4 Å². The van der Waals surface area contributed by atoms with E-state index in [4.69, 9.17) is 5.73 Å². The van der Waals surface area contributed by atoms with E-state index in [1.165, 1.54) is 7.11 Å². The van der Waals surface area contributed by atoms with Crippen molar-refractivity contribution in [1.82, 2.24) is 0 Å². The summed E-state index contributed by atoms with van der Waals surface area (Å²) in [5.74, 6) is 0. The molecule has 0 amide bonds. The Hall–Kier alpha value is -0.130. The van der Waals surface area contributed by atoms with Crippen LogP contribution in [-0.4, -0.2) is 27.3 Å². The number of sulfone groups is 1. The highest BCUT2D eigenvalue weighted by Gasteiger charge is 2.12. The summed E-state index contributed by atoms with van der Waals surface area (Å²) in [6.07, 6.45) is 1.02. The van der Waals surface area contributed by atoms with Gasteiger partial charge in [0.2, 0.25) is 5.56 Å². The molecule has 0 aromatic heterocycles. The van der Waals surface area contributed by atoms with Gasteiger partial charge in [0.1, 0.15) is 0 Å². The maximum Gasteiger partial charge on any atom is 0.208 e. The number of ether oxygens (including phenoxy) is 1. The first-order valence-electron chi connectivity index (χ1n) is 1.95. The van der Waals surface area contributed by atoms with Gasteiger partial charge in [-0.05, 0) is 0 Å². The second kappa shape index (κ2) is 2.43. The molecular formula is C3H9NO3S. The van der Waals surface area contributed by atoms with E-state index in [-0.39, 0.29) is 0 Å². The third-order valence-corrected chi connectivity index (χ3v) is 1.69. The molecule has 0 fully saturated rings. The summed E-state index contributed by atoms with van der Waals surface area (Å²) >= 11 is 0. The van der Waals surface area contributed by atoms with Crippen molar-refractivity contribution in [2.75, 3.05) is 13.4 Å². The minimum atomic E-state index is -3.20. The molecule has 0 saturated heterocycles. The van der Waals surface area contributed by atoms with Gasteiger partial charge in [0.05, 0.1) is 0 Å². The van der Waals surface area contributed by atoms with Crippen molar-refractivity contribution in [3.8, 4) is 0 Å². The summed E-state index contributed by atoms with van der Waals surface area (Å²) < 4.78 is 24.9. The quantitative estimate of drug-likeness (QED) is 0.494. The summed E-state index contributed by atoms with van der Waals surface area (Å²) in [6.45, 7) is 0. The molecule has 0 aromatic carbocycles. The largest absolute Gasteiger partial charge is 0.353 e. The Labute approximate surface area is 48.5 Å². The van der Waals surface area contributed by atoms with Gasteiger partial charge >= 0.3 is 0 Å². The minimum Gasteiger partial charge on any atom is -0.353 e. The van der Waals surface area contributed by atoms with Crippen LogP contribution in [0, 0.1) is 0 Å². The van der Waals surface area contributed by atoms with Crippen LogP contribution in [0.25, 0.3) is 0 Å². The Morgan fingerprint density at radius 3 is 2.00 bits per heavy atom. The first kappa shape index (κ1) is 7.87. The van der Waals surface area contributed by atoms with Crippen LogP contribution in [0.15, 0.2) is 0 Å². The fourth-order valence-corrected chi connectivity index (χ4v) is 0.524. The molecular weight excluding hydrogens is 130 g/mol. The average molecular weight is 139 g/mol. The van der Waals surface area contributed by atoms with Gasteiger partial charge in [0.15, 0.2) is 9.84 Å². The molecule has 4 nitrogen and oxygen atoms in total. The number of hydrogen-bond donors (Lipinski definition) is 1. The van der Waals surface area contributed by atoms with E-state index in [2.05, 4.69) is 4.74 Å². The van der Waals surface area contributed by atoms with Crippen molar-refractivity contribution in [2.24, 2.45) is 5.73 Å². The van der Waals surface area contributed by atoms with Gasteiger partial charge in [0.25, 0.3) is 0 Å². The lowest BCUT2D eigenvalue weighted by molar-refractivity contribution is 0.170. The Balaban J connectivity index is 4.04. The fourth-order valence-electron chi connectivity index (χ4n) is 0.175. The predicted molar refractivity (Wildman–Crippen MR) is 29.8 cm³/mol. The molecule has 0 heterocycles. The van der Waals surface area contributed by atoms with E-state index in [1.807, 2.05) is 0 Å². The number of hydrogen-bond acceptors (Lipinski definition) is 4. The van der Waals surface area contributed by atoms with E-state index in [0.29, 0.717) is 0 Å². The van der Waals surface area contributed by atoms with E-state index < -0.39 is 15.4 Å². The van der Waals surface area contributed by atoms with Crippen molar-refractivity contribution in [2.45, 2.75) is 5.56 Å². The van der Waals surface area contributed by atoms with E-state index >= 15 is 0 Å². The zero-order valence-corrected chi connectivity index (χ0v) is 5.60. The highest BCUT2D eigenvalue weighted by Crippen LogP contribution is 1.88. The van der Waals surface area contributed by atoms with Crippen LogP contribution in [-0.2, 0) is 14.6 Å². The van der Waals surface area contributed by atoms with Gasteiger partial charge < -0.3 is 4.74 Å². The molecule has 0 bridgehead atoms. The topological polar surface area (TPSA) is 69.4 Å². The molecule has 5 heteroatoms. The number of rotatable bonds is 2. The lowest BCUT2D eigenvalue weighted by Crippen LogP contribution is -2.31. The molecule has 0 spiro atoms. The van der Waals surface area contributed by atoms with Crippen molar-refractivity contribution < 1.29 is 13.2 Å². The molecule has 50 valence electrons. The summed E-state index contributed by atoms with van der Waals surface area (Å²) in [7, 11) is -1.96. The first-order valence-corrected chi connectivity index (χ1v) is 3.91. The van der Waals surface area contributed by atoms with Crippen LogP contribution in [0.2, 0.25) is 0 Å². The van der Waals surface area contributed by atoms with E-state index in [0.717, 1.165) is 6.26 Å². The molecule has 0 rings (SSSR count). The normalized spacial score (nSPS) is 15.9. The summed E-state index contributed by atoms with van der Waals surface area (Å²) in [5, 5.41) is 0. The smallest absolute Gasteiger partial charge is 0.208 e. The Morgan fingerprint density at radius 1 is 1.62 bits per heavy atom. The van der Waals surface area contributed by atoms with Crippen LogP contribution in [0.1, 0.15) is 0 Å². The van der Waals surface area contributed by atoms with Crippen molar-refractivity contribution in [3.63, 3.8) is 0 Å². The molecule has 0 aliphatic rings. The van der Waals surface area contributed by atoms with Gasteiger partial charge in [-0.25, -0.2) is 8.42 Å². The van der Waals surface area contributed by atoms with Crippen LogP contribution in [0.3, 0.4) is 0 Å². The third kappa shape index (κ3) is 2.25. The highest BCUT2D eigenvalue weighted by atomic mass is 32.2. The average Bonchev–Trinajstić information content (AvgIpc) is 1.62. The molecule has 0 aliphatic heterocycles. The van der Waals surface area contributed by atoms with Crippen molar-refractivity contribution in [1.29, 1.82) is 0 Å². The zero-order chi connectivity index (χ0) is 6.78. The molecule has 1 unspecified atom stereocenters. The monoisotopic (exact) mass is 139 g/mol. The maximum absolute atomic E-state index is 10.3. The summed E-state index contributed by atoms with van der Waals surface area (Å²) in [5.41, 5.74) is 3.76. The van der Waals surface area contributed by atoms with Crippen LogP contribution in [0.4, 0.5) is 0 Å². The molecule has 1 atom stereocenters. The minimum absolute atomic E-state index is 1.02. The second-order valence-electron chi connectivity index (χ2n) is 1.43. The fraction of sp³-hybridized carbons (Fsp3) is 1.00. The lowest BCUT2D eigenvalue weighted by Gasteiger charge is -2.04. The summed E-state index contributed by atoms with van der Waals surface area (Å²) in [4.78, 5) is 0. The SMILES string of the molecule is COC(N)S(C)(=O)=O. The molecule has 0 radical (unpaired) electrons. The second-order valence-corrected chi connectivity index (χ2v) is 3.56. The van der Waals surface area contributed by atoms with E-state index in [1.54, 1.807) is 0 Å². The van der Waals surface area contributed by atoms with Gasteiger partial charge in [-0.3, -0.25) is 5.73 Å².